The first-order chi connectivity index (χ1) is 27.1. The first-order valence-corrected chi connectivity index (χ1v) is 19.2. The lowest BCUT2D eigenvalue weighted by atomic mass is 9.94. The Morgan fingerprint density at radius 2 is 1.65 bits per heavy atom. The largest absolute Gasteiger partial charge is 0.397 e. The standard InChI is InChI=1S/C41H56N8O6.C2H6/c1-26(2)31(20-32(27(3)4)33-22-44-23-34(42)29(33)6)21-36(43-7)48-39(54)17-19-46-37(52)14-9-10-18-45-35-13-11-12-30(24-50)40(35)41(55)49(8)28(5)15-16-38(53)47-25-51;1-2/h11-13,20-25,28,43,45H,1,9-10,14-19,42H2,2-8H3,(H,46,52)(H,48,54)(H,47,51,53);1-2H3/b31-20-,36-21+;. The molecule has 5 amide bonds. The second-order valence-corrected chi connectivity index (χ2v) is 13.4. The topological polar surface area (TPSA) is 205 Å². The van der Waals surface area contributed by atoms with E-state index in [1.807, 2.05) is 47.6 Å². The summed E-state index contributed by atoms with van der Waals surface area (Å²) in [6.07, 6.45) is 9.97. The number of aldehydes is 1. The molecule has 1 heterocycles. The van der Waals surface area contributed by atoms with Gasteiger partial charge in [-0.25, -0.2) is 0 Å². The van der Waals surface area contributed by atoms with Crippen molar-refractivity contribution < 1.29 is 28.8 Å². The van der Waals surface area contributed by atoms with E-state index in [9.17, 15) is 28.8 Å². The number of benzene rings is 1. The lowest BCUT2D eigenvalue weighted by Crippen LogP contribution is -2.37. The first kappa shape index (κ1) is 49.0. The predicted molar refractivity (Wildman–Crippen MR) is 228 cm³/mol. The molecule has 310 valence electrons. The maximum atomic E-state index is 13.4. The van der Waals surface area contributed by atoms with Crippen LogP contribution < -0.4 is 32.3 Å². The van der Waals surface area contributed by atoms with Crippen LogP contribution in [0.1, 0.15) is 112 Å². The predicted octanol–water partition coefficient (Wildman–Crippen LogP) is 5.59. The van der Waals surface area contributed by atoms with Crippen LogP contribution in [-0.2, 0) is 19.2 Å². The smallest absolute Gasteiger partial charge is 0.256 e. The van der Waals surface area contributed by atoms with Gasteiger partial charge in [-0.15, -0.1) is 0 Å². The fraction of sp³-hybridized carbons (Fsp3) is 0.419. The molecule has 2 rings (SSSR count). The van der Waals surface area contributed by atoms with E-state index in [2.05, 4.69) is 38.1 Å². The van der Waals surface area contributed by atoms with Gasteiger partial charge in [-0.1, -0.05) is 43.7 Å². The molecule has 0 saturated carbocycles. The number of hydrogen-bond acceptors (Lipinski definition) is 10. The second-order valence-electron chi connectivity index (χ2n) is 13.4. The number of aromatic nitrogens is 1. The Balaban J connectivity index is 0.00000799. The summed E-state index contributed by atoms with van der Waals surface area (Å²) >= 11 is 0. The van der Waals surface area contributed by atoms with Crippen LogP contribution in [0.15, 0.2) is 71.9 Å². The lowest BCUT2D eigenvalue weighted by molar-refractivity contribution is -0.126. The van der Waals surface area contributed by atoms with E-state index in [0.29, 0.717) is 55.7 Å². The molecule has 7 N–H and O–H groups in total. The van der Waals surface area contributed by atoms with Gasteiger partial charge in [-0.05, 0) is 88.8 Å². The summed E-state index contributed by atoms with van der Waals surface area (Å²) < 4.78 is 0. The van der Waals surface area contributed by atoms with Crippen molar-refractivity contribution in [2.75, 3.05) is 38.2 Å². The highest BCUT2D eigenvalue weighted by Gasteiger charge is 2.23. The maximum absolute atomic E-state index is 13.4. The molecule has 14 nitrogen and oxygen atoms in total. The summed E-state index contributed by atoms with van der Waals surface area (Å²) in [5, 5.41) is 13.9. The van der Waals surface area contributed by atoms with Crippen molar-refractivity contribution in [3.8, 4) is 0 Å². The number of carbonyl (C=O) groups is 6. The molecule has 0 fully saturated rings. The Morgan fingerprint density at radius 3 is 2.26 bits per heavy atom. The summed E-state index contributed by atoms with van der Waals surface area (Å²) in [5.74, 6) is -0.832. The third kappa shape index (κ3) is 16.3. The summed E-state index contributed by atoms with van der Waals surface area (Å²) in [7, 11) is 3.29. The van der Waals surface area contributed by atoms with Crippen LogP contribution in [0.5, 0.6) is 0 Å². The molecule has 57 heavy (non-hydrogen) atoms. The van der Waals surface area contributed by atoms with Crippen molar-refractivity contribution in [1.29, 1.82) is 0 Å². The molecule has 1 aromatic heterocycles. The average Bonchev–Trinajstić information content (AvgIpc) is 3.19. The quantitative estimate of drug-likeness (QED) is 0.0496. The summed E-state index contributed by atoms with van der Waals surface area (Å²) in [4.78, 5) is 78.5. The number of allylic oxidation sites excluding steroid dienone is 6. The Kier molecular flexibility index (Phi) is 22.3. The van der Waals surface area contributed by atoms with Crippen LogP contribution in [0.3, 0.4) is 0 Å². The Hall–Kier alpha value is -6.05. The van der Waals surface area contributed by atoms with Crippen molar-refractivity contribution in [3.63, 3.8) is 0 Å². The molecule has 1 unspecified atom stereocenters. The fourth-order valence-corrected chi connectivity index (χ4v) is 5.43. The number of imide groups is 1. The van der Waals surface area contributed by atoms with Crippen LogP contribution in [0.2, 0.25) is 0 Å². The van der Waals surface area contributed by atoms with Crippen molar-refractivity contribution in [3.05, 3.63) is 94.1 Å². The van der Waals surface area contributed by atoms with E-state index in [-0.39, 0.29) is 60.7 Å². The van der Waals surface area contributed by atoms with E-state index in [1.54, 1.807) is 57.7 Å². The molecule has 14 heteroatoms. The minimum Gasteiger partial charge on any atom is -0.397 e. The zero-order valence-electron chi connectivity index (χ0n) is 35.1. The number of nitrogens with two attached hydrogens (primary N) is 1. The van der Waals surface area contributed by atoms with Crippen molar-refractivity contribution in [2.45, 2.75) is 93.0 Å². The van der Waals surface area contributed by atoms with Crippen molar-refractivity contribution >= 4 is 53.3 Å². The third-order valence-corrected chi connectivity index (χ3v) is 8.97. The van der Waals surface area contributed by atoms with Gasteiger partial charge in [0.1, 0.15) is 5.82 Å². The van der Waals surface area contributed by atoms with Crippen molar-refractivity contribution in [1.82, 2.24) is 31.2 Å². The maximum Gasteiger partial charge on any atom is 0.256 e. The average molecular weight is 787 g/mol. The Morgan fingerprint density at radius 1 is 0.947 bits per heavy atom. The monoisotopic (exact) mass is 786 g/mol. The molecular weight excluding hydrogens is 725 g/mol. The van der Waals surface area contributed by atoms with Gasteiger partial charge >= 0.3 is 0 Å². The van der Waals surface area contributed by atoms with Gasteiger partial charge in [0.05, 0.1) is 17.4 Å². The van der Waals surface area contributed by atoms with Gasteiger partial charge in [0.2, 0.25) is 24.1 Å². The fourth-order valence-electron chi connectivity index (χ4n) is 5.43. The SMILES string of the molecule is C=C(C)C(=C\C(=C(C)C)c1cncc(N)c1C)/C=C(\NC)NC(=O)CCNC(=O)CCCCNc1cccc(C=O)c1C(=O)N(C)C(C)CCC(=O)NC=O.CC. The highest BCUT2D eigenvalue weighted by Crippen LogP contribution is 2.29. The first-order valence-electron chi connectivity index (χ1n) is 19.2. The van der Waals surface area contributed by atoms with E-state index in [0.717, 1.165) is 33.4 Å². The van der Waals surface area contributed by atoms with Gasteiger partial charge in [-0.2, -0.15) is 0 Å². The third-order valence-electron chi connectivity index (χ3n) is 8.97. The molecule has 0 spiro atoms. The van der Waals surface area contributed by atoms with E-state index < -0.39 is 5.91 Å². The lowest BCUT2D eigenvalue weighted by Gasteiger charge is -2.26. The summed E-state index contributed by atoms with van der Waals surface area (Å²) in [6.45, 7) is 18.3. The van der Waals surface area contributed by atoms with Crippen LogP contribution in [0.4, 0.5) is 11.4 Å². The molecule has 0 aliphatic rings. The van der Waals surface area contributed by atoms with Crippen LogP contribution in [0, 0.1) is 6.92 Å². The highest BCUT2D eigenvalue weighted by atomic mass is 16.2. The molecular formula is C43H62N8O6. The minimum absolute atomic E-state index is 0.0603. The Labute approximate surface area is 337 Å². The van der Waals surface area contributed by atoms with Gasteiger partial charge in [0.15, 0.2) is 6.29 Å². The van der Waals surface area contributed by atoms with E-state index in [4.69, 9.17) is 5.73 Å². The van der Waals surface area contributed by atoms with Gasteiger partial charge in [0.25, 0.3) is 5.91 Å². The number of amides is 5. The molecule has 0 saturated heterocycles. The minimum atomic E-state index is -0.441. The molecule has 0 radical (unpaired) electrons. The highest BCUT2D eigenvalue weighted by molar-refractivity contribution is 6.06. The number of pyridine rings is 1. The summed E-state index contributed by atoms with van der Waals surface area (Å²) in [6, 6.07) is 4.60. The van der Waals surface area contributed by atoms with Crippen molar-refractivity contribution in [2.24, 2.45) is 0 Å². The van der Waals surface area contributed by atoms with Gasteiger partial charge in [0, 0.05) is 75.5 Å². The second kappa shape index (κ2) is 25.9. The zero-order valence-corrected chi connectivity index (χ0v) is 35.1. The summed E-state index contributed by atoms with van der Waals surface area (Å²) in [5.41, 5.74) is 13.1. The molecule has 0 bridgehead atoms. The molecule has 1 atom stereocenters. The number of unbranched alkanes of at least 4 members (excludes halogenated alkanes) is 1. The number of nitrogens with one attached hydrogen (secondary N) is 5. The van der Waals surface area contributed by atoms with E-state index >= 15 is 0 Å². The molecule has 1 aromatic carbocycles. The van der Waals surface area contributed by atoms with Gasteiger partial charge < -0.3 is 31.9 Å². The van der Waals surface area contributed by atoms with Crippen LogP contribution in [-0.4, -0.2) is 79.4 Å². The number of nitrogen functional groups attached to an aromatic ring is 1. The molecule has 0 aliphatic heterocycles. The normalized spacial score (nSPS) is 11.5. The van der Waals surface area contributed by atoms with Gasteiger partial charge in [-0.3, -0.25) is 39.1 Å². The van der Waals surface area contributed by atoms with Crippen LogP contribution >= 0.6 is 0 Å². The molecule has 0 aliphatic carbocycles. The molecule has 2 aromatic rings. The number of hydrogen-bond donors (Lipinski definition) is 6. The zero-order chi connectivity index (χ0) is 43.1. The number of carbonyl (C=O) groups excluding carboxylic acids is 6. The van der Waals surface area contributed by atoms with E-state index in [1.165, 1.54) is 4.90 Å². The number of nitrogens with zero attached hydrogens (tertiary/aromatic N) is 2. The Bertz CT molecular complexity index is 1830. The number of anilines is 2. The van der Waals surface area contributed by atoms with Crippen LogP contribution in [0.25, 0.3) is 5.57 Å². The number of rotatable bonds is 22.